The number of rotatable bonds is 6. The third kappa shape index (κ3) is 1.90. The Labute approximate surface area is 133 Å². The van der Waals surface area contributed by atoms with E-state index in [0.717, 1.165) is 25.2 Å². The summed E-state index contributed by atoms with van der Waals surface area (Å²) >= 11 is 0. The van der Waals surface area contributed by atoms with Gasteiger partial charge in [0.25, 0.3) is 0 Å². The molecule has 2 saturated carbocycles. The highest BCUT2D eigenvalue weighted by Gasteiger charge is 2.94. The Balaban J connectivity index is 1.49. The molecule has 0 N–H and O–H groups in total. The van der Waals surface area contributed by atoms with Gasteiger partial charge in [0.1, 0.15) is 17.3 Å². The zero-order valence-electron chi connectivity index (χ0n) is 14.5. The molecule has 22 heavy (non-hydrogen) atoms. The average molecular weight is 310 g/mol. The molecule has 2 heterocycles. The number of ether oxygens (including phenoxy) is 4. The molecule has 2 aliphatic heterocycles. The normalized spacial score (nSPS) is 51.7. The highest BCUT2D eigenvalue weighted by atomic mass is 16.7. The summed E-state index contributed by atoms with van der Waals surface area (Å²) in [6.07, 6.45) is 5.74. The summed E-state index contributed by atoms with van der Waals surface area (Å²) in [5.41, 5.74) is 0.0126. The van der Waals surface area contributed by atoms with E-state index in [-0.39, 0.29) is 29.5 Å². The topological polar surface area (TPSA) is 43.5 Å². The molecular weight excluding hydrogens is 280 g/mol. The second-order valence-electron chi connectivity index (χ2n) is 8.32. The average Bonchev–Trinajstić information content (AvgIpc) is 3.31. The van der Waals surface area contributed by atoms with E-state index in [9.17, 15) is 0 Å². The van der Waals surface area contributed by atoms with Gasteiger partial charge in [-0.25, -0.2) is 0 Å². The van der Waals surface area contributed by atoms with Crippen molar-refractivity contribution in [2.45, 2.75) is 95.1 Å². The van der Waals surface area contributed by atoms with Crippen LogP contribution in [0.25, 0.3) is 0 Å². The molecular formula is C18H30O4. The summed E-state index contributed by atoms with van der Waals surface area (Å²) in [4.78, 5) is 0. The lowest BCUT2D eigenvalue weighted by atomic mass is 9.54. The lowest BCUT2D eigenvalue weighted by Gasteiger charge is -2.49. The first-order valence-electron chi connectivity index (χ1n) is 8.99. The maximum atomic E-state index is 6.23. The fourth-order valence-electron chi connectivity index (χ4n) is 5.24. The van der Waals surface area contributed by atoms with Crippen LogP contribution in [0.5, 0.6) is 0 Å². The van der Waals surface area contributed by atoms with Crippen LogP contribution in [0, 0.1) is 11.8 Å². The monoisotopic (exact) mass is 310 g/mol. The van der Waals surface area contributed by atoms with Gasteiger partial charge in [0.15, 0.2) is 0 Å². The summed E-state index contributed by atoms with van der Waals surface area (Å²) in [7, 11) is 1.81. The van der Waals surface area contributed by atoms with Crippen LogP contribution < -0.4 is 0 Å². The van der Waals surface area contributed by atoms with Gasteiger partial charge in [-0.05, 0) is 45.4 Å². The first kappa shape index (κ1) is 15.4. The molecule has 0 aromatic rings. The van der Waals surface area contributed by atoms with Gasteiger partial charge in [-0.1, -0.05) is 13.8 Å². The molecule has 2 spiro atoms. The van der Waals surface area contributed by atoms with Crippen LogP contribution >= 0.6 is 0 Å². The summed E-state index contributed by atoms with van der Waals surface area (Å²) in [6.45, 7) is 8.75. The fourth-order valence-corrected chi connectivity index (χ4v) is 5.24. The Kier molecular flexibility index (Phi) is 3.44. The van der Waals surface area contributed by atoms with Gasteiger partial charge in [0.2, 0.25) is 0 Å². The van der Waals surface area contributed by atoms with E-state index >= 15 is 0 Å². The molecule has 4 rings (SSSR count). The van der Waals surface area contributed by atoms with Gasteiger partial charge in [0, 0.05) is 7.11 Å². The second kappa shape index (κ2) is 4.92. The van der Waals surface area contributed by atoms with Crippen molar-refractivity contribution in [1.29, 1.82) is 0 Å². The Hall–Kier alpha value is -0.160. The highest BCUT2D eigenvalue weighted by molar-refractivity contribution is 5.41. The van der Waals surface area contributed by atoms with Crippen molar-refractivity contribution in [2.75, 3.05) is 7.11 Å². The molecule has 0 amide bonds. The Bertz CT molecular complexity index is 450. The summed E-state index contributed by atoms with van der Waals surface area (Å²) < 4.78 is 24.4. The standard InChI is InChI=1S/C18H30O4/c1-10(2)6-7-13-18(21-13)15-14(19-5)12(20-11(3)4)8-9-17(15)16(18)22-17/h10-16H,6-9H2,1-5H3/t12?,13-,14?,15?,16?,17-,18?/m1/s1. The minimum atomic E-state index is -0.0470. The molecule has 7 atom stereocenters. The number of hydrogen-bond acceptors (Lipinski definition) is 4. The number of hydrogen-bond donors (Lipinski definition) is 0. The molecule has 4 heteroatoms. The van der Waals surface area contributed by atoms with E-state index in [1.807, 2.05) is 7.11 Å². The second-order valence-corrected chi connectivity index (χ2v) is 8.32. The molecule has 126 valence electrons. The van der Waals surface area contributed by atoms with Crippen LogP contribution in [0.3, 0.4) is 0 Å². The van der Waals surface area contributed by atoms with E-state index in [2.05, 4.69) is 27.7 Å². The fraction of sp³-hybridized carbons (Fsp3) is 1.00. The predicted molar refractivity (Wildman–Crippen MR) is 82.8 cm³/mol. The first-order valence-corrected chi connectivity index (χ1v) is 8.99. The van der Waals surface area contributed by atoms with Crippen LogP contribution in [-0.4, -0.2) is 48.8 Å². The van der Waals surface area contributed by atoms with E-state index in [0.29, 0.717) is 18.1 Å². The zero-order chi connectivity index (χ0) is 15.7. The maximum Gasteiger partial charge on any atom is 0.132 e. The van der Waals surface area contributed by atoms with Gasteiger partial charge in [-0.3, -0.25) is 0 Å². The van der Waals surface area contributed by atoms with Crippen molar-refractivity contribution in [3.8, 4) is 0 Å². The number of epoxide rings is 2. The van der Waals surface area contributed by atoms with Crippen molar-refractivity contribution in [3.63, 3.8) is 0 Å². The zero-order valence-corrected chi connectivity index (χ0v) is 14.5. The first-order chi connectivity index (χ1) is 10.5. The van der Waals surface area contributed by atoms with Crippen molar-refractivity contribution in [2.24, 2.45) is 11.8 Å². The van der Waals surface area contributed by atoms with Crippen molar-refractivity contribution in [1.82, 2.24) is 0 Å². The molecule has 0 aromatic heterocycles. The summed E-state index contributed by atoms with van der Waals surface area (Å²) in [6, 6.07) is 0. The molecule has 4 fully saturated rings. The quantitative estimate of drug-likeness (QED) is 0.708. The van der Waals surface area contributed by atoms with Gasteiger partial charge in [0.05, 0.1) is 30.3 Å². The smallest absolute Gasteiger partial charge is 0.132 e. The van der Waals surface area contributed by atoms with E-state index in [1.165, 1.54) is 6.42 Å². The lowest BCUT2D eigenvalue weighted by molar-refractivity contribution is -0.163. The van der Waals surface area contributed by atoms with Gasteiger partial charge >= 0.3 is 0 Å². The van der Waals surface area contributed by atoms with E-state index in [4.69, 9.17) is 18.9 Å². The predicted octanol–water partition coefficient (Wildman–Crippen LogP) is 2.93. The van der Waals surface area contributed by atoms with Gasteiger partial charge in [-0.15, -0.1) is 0 Å². The summed E-state index contributed by atoms with van der Waals surface area (Å²) in [5, 5.41) is 0. The highest BCUT2D eigenvalue weighted by Crippen LogP contribution is 2.78. The summed E-state index contributed by atoms with van der Waals surface area (Å²) in [5.74, 6) is 1.09. The third-order valence-corrected chi connectivity index (χ3v) is 6.18. The molecule has 5 unspecified atom stereocenters. The number of methoxy groups -OCH3 is 1. The van der Waals surface area contributed by atoms with Crippen LogP contribution in [-0.2, 0) is 18.9 Å². The van der Waals surface area contributed by atoms with E-state index < -0.39 is 0 Å². The maximum absolute atomic E-state index is 6.23. The van der Waals surface area contributed by atoms with Crippen LogP contribution in [0.2, 0.25) is 0 Å². The molecule has 0 aromatic carbocycles. The largest absolute Gasteiger partial charge is 0.378 e. The van der Waals surface area contributed by atoms with E-state index in [1.54, 1.807) is 0 Å². The SMILES string of the molecule is COC1C(OC(C)C)CC[C@]23OC2C2(O[C@@H]2CCC(C)C)C13. The molecule has 2 saturated heterocycles. The third-order valence-electron chi connectivity index (χ3n) is 6.18. The Morgan fingerprint density at radius 1 is 1.18 bits per heavy atom. The molecule has 0 bridgehead atoms. The minimum Gasteiger partial charge on any atom is -0.378 e. The van der Waals surface area contributed by atoms with Crippen molar-refractivity contribution in [3.05, 3.63) is 0 Å². The van der Waals surface area contributed by atoms with Gasteiger partial charge in [-0.2, -0.15) is 0 Å². The Morgan fingerprint density at radius 3 is 2.59 bits per heavy atom. The lowest BCUT2D eigenvalue weighted by Crippen LogP contribution is -2.66. The number of fused-ring (bicyclic) bond motifs is 2. The molecule has 4 aliphatic rings. The molecule has 0 radical (unpaired) electrons. The van der Waals surface area contributed by atoms with Crippen LogP contribution in [0.15, 0.2) is 0 Å². The van der Waals surface area contributed by atoms with Crippen molar-refractivity contribution < 1.29 is 18.9 Å². The molecule has 2 aliphatic carbocycles. The van der Waals surface area contributed by atoms with Crippen molar-refractivity contribution >= 4 is 0 Å². The minimum absolute atomic E-state index is 0.0470. The van der Waals surface area contributed by atoms with Crippen LogP contribution in [0.1, 0.15) is 53.4 Å². The van der Waals surface area contributed by atoms with Gasteiger partial charge < -0.3 is 18.9 Å². The Morgan fingerprint density at radius 2 is 1.95 bits per heavy atom. The van der Waals surface area contributed by atoms with Crippen LogP contribution in [0.4, 0.5) is 0 Å². The molecule has 4 nitrogen and oxygen atoms in total.